The third kappa shape index (κ3) is 5.42. The van der Waals surface area contributed by atoms with Gasteiger partial charge in [-0.25, -0.2) is 9.78 Å². The summed E-state index contributed by atoms with van der Waals surface area (Å²) in [6, 6.07) is 18.4. The van der Waals surface area contributed by atoms with Crippen LogP contribution in [0.15, 0.2) is 71.3 Å². The molecule has 6 nitrogen and oxygen atoms in total. The highest BCUT2D eigenvalue weighted by Gasteiger charge is 2.43. The van der Waals surface area contributed by atoms with Crippen LogP contribution in [0.3, 0.4) is 0 Å². The number of hydrogen-bond acceptors (Lipinski definition) is 5. The fraction of sp³-hybridized carbons (Fsp3) is 0.286. The van der Waals surface area contributed by atoms with Crippen molar-refractivity contribution in [3.8, 4) is 28.1 Å². The molecule has 1 unspecified atom stereocenters. The van der Waals surface area contributed by atoms with Crippen molar-refractivity contribution in [2.45, 2.75) is 31.5 Å². The molecule has 38 heavy (non-hydrogen) atoms. The molecule has 5 rings (SSSR count). The van der Waals surface area contributed by atoms with Crippen molar-refractivity contribution in [3.63, 3.8) is 0 Å². The van der Waals surface area contributed by atoms with Crippen LogP contribution in [0.4, 0.5) is 13.2 Å². The summed E-state index contributed by atoms with van der Waals surface area (Å²) < 4.78 is 47.3. The van der Waals surface area contributed by atoms with Crippen molar-refractivity contribution in [2.24, 2.45) is 0 Å². The number of carbonyl (C=O) groups is 1. The Labute approximate surface area is 226 Å². The summed E-state index contributed by atoms with van der Waals surface area (Å²) in [5.74, 6) is -1.70. The maximum Gasteiger partial charge on any atom is 0.493 e. The van der Waals surface area contributed by atoms with E-state index in [-0.39, 0.29) is 11.3 Å². The van der Waals surface area contributed by atoms with E-state index >= 15 is 0 Å². The van der Waals surface area contributed by atoms with E-state index in [9.17, 15) is 18.0 Å². The molecule has 198 valence electrons. The number of carbonyl (C=O) groups excluding carboxylic acids is 1. The molecule has 1 aliphatic heterocycles. The van der Waals surface area contributed by atoms with E-state index in [1.54, 1.807) is 36.4 Å². The normalized spacial score (nSPS) is 16.2. The first-order chi connectivity index (χ1) is 18.2. The lowest BCUT2D eigenvalue weighted by Crippen LogP contribution is -2.33. The number of alkyl halides is 3. The Balaban J connectivity index is 1.60. The standard InChI is InChI=1S/C28H25BrF3N3O3/c1-34-13-6-10-21(34)12-14-37-22-11-5-9-19(15-22)24-23-16-20(29)17-33-26(23)35(38-27(36)28(30,31)32)25(24)18-7-3-2-4-8-18/h2-5,7-9,11,15-17,21H,6,10,12-14H2,1H3. The van der Waals surface area contributed by atoms with Gasteiger partial charge in [-0.3, -0.25) is 0 Å². The summed E-state index contributed by atoms with van der Waals surface area (Å²) >= 11 is 3.41. The van der Waals surface area contributed by atoms with Gasteiger partial charge in [0.1, 0.15) is 5.75 Å². The molecule has 4 aromatic rings. The molecular formula is C28H25BrF3N3O3. The molecule has 0 N–H and O–H groups in total. The minimum atomic E-state index is -5.18. The molecule has 0 bridgehead atoms. The van der Waals surface area contributed by atoms with Crippen LogP contribution < -0.4 is 9.57 Å². The third-order valence-electron chi connectivity index (χ3n) is 6.70. The lowest BCUT2D eigenvalue weighted by molar-refractivity contribution is -0.199. The Kier molecular flexibility index (Phi) is 7.45. The molecule has 2 aromatic carbocycles. The first-order valence-corrected chi connectivity index (χ1v) is 13.0. The predicted molar refractivity (Wildman–Crippen MR) is 142 cm³/mol. The van der Waals surface area contributed by atoms with Crippen LogP contribution in [0, 0.1) is 0 Å². The van der Waals surface area contributed by atoms with Crippen molar-refractivity contribution in [3.05, 3.63) is 71.3 Å². The molecule has 1 saturated heterocycles. The molecule has 0 saturated carbocycles. The number of benzene rings is 2. The van der Waals surface area contributed by atoms with Gasteiger partial charge in [0.25, 0.3) is 0 Å². The van der Waals surface area contributed by atoms with Crippen LogP contribution in [0.5, 0.6) is 5.75 Å². The monoisotopic (exact) mass is 587 g/mol. The van der Waals surface area contributed by atoms with E-state index in [0.717, 1.165) is 24.1 Å². The van der Waals surface area contributed by atoms with Gasteiger partial charge in [-0.15, -0.1) is 0 Å². The lowest BCUT2D eigenvalue weighted by Gasteiger charge is -2.19. The van der Waals surface area contributed by atoms with Crippen molar-refractivity contribution >= 4 is 32.9 Å². The van der Waals surface area contributed by atoms with Gasteiger partial charge < -0.3 is 14.5 Å². The van der Waals surface area contributed by atoms with Crippen LogP contribution in [0.1, 0.15) is 19.3 Å². The predicted octanol–water partition coefficient (Wildman–Crippen LogP) is 6.51. The van der Waals surface area contributed by atoms with Crippen LogP contribution in [-0.4, -0.2) is 53.0 Å². The van der Waals surface area contributed by atoms with E-state index in [0.29, 0.717) is 44.9 Å². The maximum absolute atomic E-state index is 13.2. The van der Waals surface area contributed by atoms with Crippen molar-refractivity contribution in [2.75, 3.05) is 20.2 Å². The Morgan fingerprint density at radius 3 is 2.58 bits per heavy atom. The van der Waals surface area contributed by atoms with Crippen LogP contribution in [0.2, 0.25) is 0 Å². The Bertz CT molecular complexity index is 1460. The molecule has 0 radical (unpaired) electrons. The summed E-state index contributed by atoms with van der Waals surface area (Å²) in [5, 5.41) is 0.512. The van der Waals surface area contributed by atoms with Gasteiger partial charge >= 0.3 is 12.1 Å². The van der Waals surface area contributed by atoms with Crippen molar-refractivity contribution < 1.29 is 27.5 Å². The van der Waals surface area contributed by atoms with E-state index in [1.807, 2.05) is 24.3 Å². The van der Waals surface area contributed by atoms with E-state index in [1.165, 1.54) is 12.6 Å². The highest BCUT2D eigenvalue weighted by molar-refractivity contribution is 9.10. The average molecular weight is 588 g/mol. The zero-order chi connectivity index (χ0) is 26.9. The Morgan fingerprint density at radius 2 is 1.87 bits per heavy atom. The van der Waals surface area contributed by atoms with Crippen LogP contribution >= 0.6 is 15.9 Å². The van der Waals surface area contributed by atoms with Gasteiger partial charge in [0.2, 0.25) is 0 Å². The number of fused-ring (bicyclic) bond motifs is 1. The molecule has 1 atom stereocenters. The fourth-order valence-corrected chi connectivity index (χ4v) is 5.22. The molecular weight excluding hydrogens is 563 g/mol. The molecule has 10 heteroatoms. The average Bonchev–Trinajstić information content (AvgIpc) is 3.44. The second-order valence-electron chi connectivity index (χ2n) is 9.23. The van der Waals surface area contributed by atoms with Crippen molar-refractivity contribution in [1.82, 2.24) is 14.6 Å². The molecule has 3 heterocycles. The number of pyridine rings is 1. The van der Waals surface area contributed by atoms with Gasteiger partial charge in [0.15, 0.2) is 5.65 Å². The molecule has 0 spiro atoms. The van der Waals surface area contributed by atoms with E-state index in [4.69, 9.17) is 9.57 Å². The Hall–Kier alpha value is -3.37. The first kappa shape index (κ1) is 26.2. The van der Waals surface area contributed by atoms with Crippen molar-refractivity contribution in [1.29, 1.82) is 0 Å². The van der Waals surface area contributed by atoms with Gasteiger partial charge in [-0.2, -0.15) is 17.9 Å². The van der Waals surface area contributed by atoms with Crippen LogP contribution in [-0.2, 0) is 4.79 Å². The molecule has 0 aliphatic carbocycles. The SMILES string of the molecule is CN1CCCC1CCOc1cccc(-c2c(-c3ccccc3)n(OC(=O)C(F)(F)F)c3ncc(Br)cc23)c1. The summed E-state index contributed by atoms with van der Waals surface area (Å²) in [4.78, 5) is 23.5. The van der Waals surface area contributed by atoms with E-state index in [2.05, 4.69) is 32.9 Å². The minimum absolute atomic E-state index is 0.0789. The van der Waals surface area contributed by atoms with E-state index < -0.39 is 12.1 Å². The minimum Gasteiger partial charge on any atom is -0.494 e. The van der Waals surface area contributed by atoms with Gasteiger partial charge in [-0.1, -0.05) is 42.5 Å². The zero-order valence-corrected chi connectivity index (χ0v) is 22.1. The number of hydrogen-bond donors (Lipinski definition) is 0. The number of aromatic nitrogens is 2. The Morgan fingerprint density at radius 1 is 1.11 bits per heavy atom. The molecule has 2 aromatic heterocycles. The summed E-state index contributed by atoms with van der Waals surface area (Å²) in [5.41, 5.74) is 2.16. The maximum atomic E-state index is 13.2. The molecule has 1 aliphatic rings. The summed E-state index contributed by atoms with van der Waals surface area (Å²) in [6.07, 6.45) is -0.497. The fourth-order valence-electron chi connectivity index (χ4n) is 4.88. The van der Waals surface area contributed by atoms with Gasteiger partial charge in [0, 0.05) is 33.2 Å². The number of likely N-dealkylation sites (tertiary alicyclic amines) is 1. The van der Waals surface area contributed by atoms with Gasteiger partial charge in [0.05, 0.1) is 12.3 Å². The second kappa shape index (κ2) is 10.8. The topological polar surface area (TPSA) is 56.6 Å². The summed E-state index contributed by atoms with van der Waals surface area (Å²) in [6.45, 7) is 1.64. The summed E-state index contributed by atoms with van der Waals surface area (Å²) in [7, 11) is 2.12. The highest BCUT2D eigenvalue weighted by Crippen LogP contribution is 2.41. The smallest absolute Gasteiger partial charge is 0.493 e. The van der Waals surface area contributed by atoms with Crippen LogP contribution in [0.25, 0.3) is 33.4 Å². The third-order valence-corrected chi connectivity index (χ3v) is 7.14. The largest absolute Gasteiger partial charge is 0.494 e. The lowest BCUT2D eigenvalue weighted by atomic mass is 9.99. The number of ether oxygens (including phenoxy) is 1. The first-order valence-electron chi connectivity index (χ1n) is 12.2. The molecule has 0 amide bonds. The quantitative estimate of drug-likeness (QED) is 0.246. The number of rotatable bonds is 7. The number of nitrogens with zero attached hydrogens (tertiary/aromatic N) is 3. The molecule has 1 fully saturated rings. The number of halogens is 4. The van der Waals surface area contributed by atoms with Gasteiger partial charge in [-0.05, 0) is 72.5 Å². The second-order valence-corrected chi connectivity index (χ2v) is 10.1. The zero-order valence-electron chi connectivity index (χ0n) is 20.5. The highest BCUT2D eigenvalue weighted by atomic mass is 79.9.